The second-order valence-corrected chi connectivity index (χ2v) is 8.16. The van der Waals surface area contributed by atoms with E-state index in [-0.39, 0.29) is 5.57 Å². The second-order valence-electron chi connectivity index (χ2n) is 8.16. The maximum atomic E-state index is 13.2. The van der Waals surface area contributed by atoms with Crippen molar-refractivity contribution in [2.75, 3.05) is 4.90 Å². The van der Waals surface area contributed by atoms with E-state index >= 15 is 0 Å². The molecule has 1 aliphatic heterocycles. The minimum atomic E-state index is -0.753. The molecular weight excluding hydrogens is 404 g/mol. The molecule has 0 radical (unpaired) electrons. The highest BCUT2D eigenvalue weighted by Gasteiger charge is 2.37. The SMILES string of the molecule is Cc1cc(C)cc(N2C(=O)NC(=O)/C(=C\c3cc(C)n(-c4cc(C)ccn4)c3C)C2=O)c1. The summed E-state index contributed by atoms with van der Waals surface area (Å²) in [7, 11) is 0. The van der Waals surface area contributed by atoms with Crippen molar-refractivity contribution < 1.29 is 14.4 Å². The molecule has 32 heavy (non-hydrogen) atoms. The van der Waals surface area contributed by atoms with Gasteiger partial charge in [0.2, 0.25) is 0 Å². The van der Waals surface area contributed by atoms with E-state index < -0.39 is 17.8 Å². The first kappa shape index (κ1) is 21.2. The number of benzene rings is 1. The zero-order valence-corrected chi connectivity index (χ0v) is 18.7. The fraction of sp³-hybridized carbons (Fsp3) is 0.200. The van der Waals surface area contributed by atoms with Gasteiger partial charge in [-0.3, -0.25) is 14.9 Å². The molecule has 0 bridgehead atoms. The monoisotopic (exact) mass is 428 g/mol. The Bertz CT molecular complexity index is 1300. The Labute approximate surface area is 186 Å². The van der Waals surface area contributed by atoms with E-state index in [1.165, 1.54) is 6.08 Å². The van der Waals surface area contributed by atoms with Crippen LogP contribution < -0.4 is 10.2 Å². The highest BCUT2D eigenvalue weighted by atomic mass is 16.2. The molecule has 0 atom stereocenters. The average molecular weight is 428 g/mol. The van der Waals surface area contributed by atoms with E-state index in [0.717, 1.165) is 38.8 Å². The van der Waals surface area contributed by atoms with Crippen molar-refractivity contribution in [2.45, 2.75) is 34.6 Å². The van der Waals surface area contributed by atoms with Crippen LogP contribution in [0.3, 0.4) is 0 Å². The summed E-state index contributed by atoms with van der Waals surface area (Å²) in [5, 5.41) is 2.29. The lowest BCUT2D eigenvalue weighted by Gasteiger charge is -2.27. The number of rotatable bonds is 3. The summed E-state index contributed by atoms with van der Waals surface area (Å²) in [4.78, 5) is 43.8. The van der Waals surface area contributed by atoms with Crippen LogP contribution in [0.15, 0.2) is 48.2 Å². The van der Waals surface area contributed by atoms with E-state index in [4.69, 9.17) is 0 Å². The van der Waals surface area contributed by atoms with Gasteiger partial charge in [-0.2, -0.15) is 0 Å². The van der Waals surface area contributed by atoms with Crippen molar-refractivity contribution >= 4 is 29.6 Å². The minimum Gasteiger partial charge on any atom is -0.303 e. The lowest BCUT2D eigenvalue weighted by atomic mass is 10.1. The third kappa shape index (κ3) is 3.73. The number of aromatic nitrogens is 2. The molecule has 0 saturated carbocycles. The minimum absolute atomic E-state index is 0.0961. The number of pyridine rings is 1. The predicted molar refractivity (Wildman–Crippen MR) is 123 cm³/mol. The second kappa shape index (κ2) is 7.92. The largest absolute Gasteiger partial charge is 0.335 e. The van der Waals surface area contributed by atoms with Crippen LogP contribution in [0.2, 0.25) is 0 Å². The molecule has 4 amide bonds. The topological polar surface area (TPSA) is 84.3 Å². The van der Waals surface area contributed by atoms with Gasteiger partial charge in [-0.05, 0) is 93.3 Å². The van der Waals surface area contributed by atoms with Crippen LogP contribution in [0.4, 0.5) is 10.5 Å². The number of hydrogen-bond acceptors (Lipinski definition) is 4. The molecule has 3 aromatic rings. The summed E-state index contributed by atoms with van der Waals surface area (Å²) in [6.07, 6.45) is 3.28. The third-order valence-corrected chi connectivity index (χ3v) is 5.47. The highest BCUT2D eigenvalue weighted by Crippen LogP contribution is 2.26. The predicted octanol–water partition coefficient (Wildman–Crippen LogP) is 4.08. The maximum absolute atomic E-state index is 13.2. The van der Waals surface area contributed by atoms with Gasteiger partial charge in [-0.15, -0.1) is 0 Å². The van der Waals surface area contributed by atoms with Crippen LogP contribution in [-0.4, -0.2) is 27.4 Å². The van der Waals surface area contributed by atoms with Gasteiger partial charge in [0.15, 0.2) is 0 Å². The molecule has 0 aliphatic carbocycles. The zero-order chi connectivity index (χ0) is 23.2. The van der Waals surface area contributed by atoms with Gasteiger partial charge >= 0.3 is 6.03 Å². The van der Waals surface area contributed by atoms with Crippen LogP contribution in [-0.2, 0) is 9.59 Å². The quantitative estimate of drug-likeness (QED) is 0.503. The molecule has 4 rings (SSSR count). The van der Waals surface area contributed by atoms with Crippen LogP contribution in [0.1, 0.15) is 33.6 Å². The Morgan fingerprint density at radius 3 is 2.22 bits per heavy atom. The van der Waals surface area contributed by atoms with Crippen molar-refractivity contribution in [1.29, 1.82) is 0 Å². The first-order valence-corrected chi connectivity index (χ1v) is 10.3. The van der Waals surface area contributed by atoms with Gasteiger partial charge in [-0.25, -0.2) is 14.7 Å². The van der Waals surface area contributed by atoms with Gasteiger partial charge in [0, 0.05) is 17.6 Å². The molecule has 1 aromatic carbocycles. The molecule has 0 unspecified atom stereocenters. The van der Waals surface area contributed by atoms with Crippen LogP contribution in [0.25, 0.3) is 11.9 Å². The van der Waals surface area contributed by atoms with Crippen molar-refractivity contribution in [2.24, 2.45) is 0 Å². The number of nitrogens with one attached hydrogen (secondary N) is 1. The third-order valence-electron chi connectivity index (χ3n) is 5.47. The number of barbiturate groups is 1. The summed E-state index contributed by atoms with van der Waals surface area (Å²) in [5.74, 6) is -0.600. The molecule has 1 saturated heterocycles. The number of carbonyl (C=O) groups is 3. The first-order valence-electron chi connectivity index (χ1n) is 10.3. The Balaban J connectivity index is 1.78. The average Bonchev–Trinajstić information content (AvgIpc) is 2.97. The number of aryl methyl sites for hydroxylation is 4. The lowest BCUT2D eigenvalue weighted by molar-refractivity contribution is -0.122. The van der Waals surface area contributed by atoms with Gasteiger partial charge < -0.3 is 4.57 Å². The van der Waals surface area contributed by atoms with Crippen LogP contribution in [0.5, 0.6) is 0 Å². The fourth-order valence-electron chi connectivity index (χ4n) is 4.06. The van der Waals surface area contributed by atoms with Crippen molar-refractivity contribution in [3.05, 3.63) is 81.8 Å². The van der Waals surface area contributed by atoms with Gasteiger partial charge in [0.25, 0.3) is 11.8 Å². The number of hydrogen-bond donors (Lipinski definition) is 1. The molecule has 7 nitrogen and oxygen atoms in total. The number of anilines is 1. The fourth-order valence-corrected chi connectivity index (χ4v) is 4.06. The Kier molecular flexibility index (Phi) is 5.26. The van der Waals surface area contributed by atoms with E-state index in [1.807, 2.05) is 63.5 Å². The molecule has 3 heterocycles. The summed E-state index contributed by atoms with van der Waals surface area (Å²) >= 11 is 0. The van der Waals surface area contributed by atoms with Crippen LogP contribution in [0, 0.1) is 34.6 Å². The highest BCUT2D eigenvalue weighted by molar-refractivity contribution is 6.39. The zero-order valence-electron chi connectivity index (χ0n) is 18.7. The number of nitrogens with zero attached hydrogens (tertiary/aromatic N) is 3. The Hall–Kier alpha value is -4.00. The van der Waals surface area contributed by atoms with Gasteiger partial charge in [0.1, 0.15) is 11.4 Å². The maximum Gasteiger partial charge on any atom is 0.335 e. The number of carbonyl (C=O) groups excluding carboxylic acids is 3. The summed E-state index contributed by atoms with van der Waals surface area (Å²) in [6, 6.07) is 10.5. The Morgan fingerprint density at radius 2 is 1.56 bits per heavy atom. The molecule has 2 aromatic heterocycles. The molecule has 162 valence electrons. The molecule has 0 spiro atoms. The smallest absolute Gasteiger partial charge is 0.303 e. The molecule has 7 heteroatoms. The summed E-state index contributed by atoms with van der Waals surface area (Å²) < 4.78 is 1.97. The standard InChI is InChI=1S/C25H24N4O3/c1-14-6-7-26-22(11-14)28-17(4)12-19(18(28)5)13-21-23(30)27-25(32)29(24(21)31)20-9-15(2)8-16(3)10-20/h6-13H,1-5H3,(H,27,30,32)/b21-13+. The first-order chi connectivity index (χ1) is 15.2. The van der Waals surface area contributed by atoms with Crippen molar-refractivity contribution in [1.82, 2.24) is 14.9 Å². The van der Waals surface area contributed by atoms with E-state index in [1.54, 1.807) is 18.3 Å². The van der Waals surface area contributed by atoms with Gasteiger partial charge in [-0.1, -0.05) is 6.07 Å². The molecule has 1 N–H and O–H groups in total. The summed E-state index contributed by atoms with van der Waals surface area (Å²) in [5.41, 5.74) is 5.70. The normalized spacial score (nSPS) is 15.5. The molecule has 1 fully saturated rings. The lowest BCUT2D eigenvalue weighted by Crippen LogP contribution is -2.54. The van der Waals surface area contributed by atoms with Crippen LogP contribution >= 0.6 is 0 Å². The van der Waals surface area contributed by atoms with E-state index in [9.17, 15) is 14.4 Å². The van der Waals surface area contributed by atoms with Crippen molar-refractivity contribution in [3.63, 3.8) is 0 Å². The Morgan fingerprint density at radius 1 is 0.875 bits per heavy atom. The van der Waals surface area contributed by atoms with E-state index in [0.29, 0.717) is 11.3 Å². The number of urea groups is 1. The number of amides is 4. The number of imide groups is 2. The molecular formula is C25H24N4O3. The summed E-state index contributed by atoms with van der Waals surface area (Å²) in [6.45, 7) is 9.61. The van der Waals surface area contributed by atoms with E-state index in [2.05, 4.69) is 10.3 Å². The van der Waals surface area contributed by atoms with Crippen molar-refractivity contribution in [3.8, 4) is 5.82 Å². The molecule has 1 aliphatic rings. The van der Waals surface area contributed by atoms with Gasteiger partial charge in [0.05, 0.1) is 5.69 Å².